The van der Waals surface area contributed by atoms with Crippen molar-refractivity contribution in [2.75, 3.05) is 13.7 Å². The second-order valence-corrected chi connectivity index (χ2v) is 7.51. The van der Waals surface area contributed by atoms with Crippen LogP contribution >= 0.6 is 0 Å². The van der Waals surface area contributed by atoms with E-state index in [1.54, 1.807) is 29.8 Å². The number of nitrogens with one attached hydrogen (secondary N) is 1. The van der Waals surface area contributed by atoms with Crippen molar-refractivity contribution in [3.8, 4) is 22.9 Å². The van der Waals surface area contributed by atoms with E-state index in [1.807, 2.05) is 30.3 Å². The summed E-state index contributed by atoms with van der Waals surface area (Å²) in [5, 5.41) is 19.0. The largest absolute Gasteiger partial charge is 0.493 e. The maximum atomic E-state index is 12.5. The van der Waals surface area contributed by atoms with E-state index in [0.717, 1.165) is 10.1 Å². The van der Waals surface area contributed by atoms with Crippen LogP contribution < -0.4 is 20.7 Å². The van der Waals surface area contributed by atoms with Gasteiger partial charge in [-0.05, 0) is 23.8 Å². The molecule has 0 saturated heterocycles. The second-order valence-electron chi connectivity index (χ2n) is 7.51. The first kappa shape index (κ1) is 22.3. The summed E-state index contributed by atoms with van der Waals surface area (Å²) in [6.07, 6.45) is -1.18. The van der Waals surface area contributed by atoms with Gasteiger partial charge in [-0.25, -0.2) is 9.78 Å². The molecule has 2 heterocycles. The van der Waals surface area contributed by atoms with E-state index < -0.39 is 24.0 Å². The van der Waals surface area contributed by atoms with Crippen molar-refractivity contribution >= 4 is 11.2 Å². The number of aromatic amines is 1. The number of benzene rings is 2. The average molecular weight is 452 g/mol. The Bertz CT molecular complexity index is 1390. The summed E-state index contributed by atoms with van der Waals surface area (Å²) in [5.74, 6) is 1.45. The summed E-state index contributed by atoms with van der Waals surface area (Å²) in [6.45, 7) is -0.374. The zero-order valence-electron chi connectivity index (χ0n) is 18.2. The molecular formula is C23H24N4O6. The lowest BCUT2D eigenvalue weighted by Crippen LogP contribution is -2.35. The number of aliphatic hydroxyl groups excluding tert-OH is 2. The summed E-state index contributed by atoms with van der Waals surface area (Å²) < 4.78 is 14.1. The second kappa shape index (κ2) is 9.31. The van der Waals surface area contributed by atoms with Gasteiger partial charge >= 0.3 is 5.69 Å². The van der Waals surface area contributed by atoms with Gasteiger partial charge in [-0.3, -0.25) is 14.3 Å². The molecule has 0 bridgehead atoms. The number of H-pyrrole nitrogens is 1. The molecule has 33 heavy (non-hydrogen) atoms. The molecule has 10 nitrogen and oxygen atoms in total. The van der Waals surface area contributed by atoms with Gasteiger partial charge in [0.15, 0.2) is 22.7 Å². The highest BCUT2D eigenvalue weighted by Gasteiger charge is 2.20. The molecule has 1 atom stereocenters. The number of fused-ring (bicyclic) bond motifs is 1. The van der Waals surface area contributed by atoms with Crippen LogP contribution in [0.1, 0.15) is 5.56 Å². The number of ether oxygens (including phenoxy) is 2. The molecule has 0 fully saturated rings. The third-order valence-electron chi connectivity index (χ3n) is 5.28. The van der Waals surface area contributed by atoms with Crippen LogP contribution in [-0.4, -0.2) is 49.1 Å². The molecule has 0 saturated carbocycles. The van der Waals surface area contributed by atoms with Gasteiger partial charge in [0.2, 0.25) is 0 Å². The minimum Gasteiger partial charge on any atom is -0.493 e. The zero-order chi connectivity index (χ0) is 23.5. The van der Waals surface area contributed by atoms with Gasteiger partial charge in [0.25, 0.3) is 5.56 Å². The minimum absolute atomic E-state index is 0.108. The van der Waals surface area contributed by atoms with Crippen LogP contribution in [0.2, 0.25) is 0 Å². The molecule has 0 aliphatic carbocycles. The summed E-state index contributed by atoms with van der Waals surface area (Å²) in [7, 11) is 3.19. The van der Waals surface area contributed by atoms with Crippen molar-refractivity contribution in [3.05, 3.63) is 74.9 Å². The lowest BCUT2D eigenvalue weighted by atomic mass is 10.2. The standard InChI is InChI=1S/C23H24N4O6/c1-26-19-21(27(11-16(29)12-28)23(31)25-22(19)30)24-20(26)15-8-9-17(18(10-15)32-2)33-13-14-6-4-3-5-7-14/h3-10,16,28-29H,11-13H2,1-2H3,(H,25,30,31). The van der Waals surface area contributed by atoms with Gasteiger partial charge in [-0.15, -0.1) is 0 Å². The lowest BCUT2D eigenvalue weighted by molar-refractivity contribution is 0.0810. The van der Waals surface area contributed by atoms with E-state index in [0.29, 0.717) is 29.5 Å². The Labute approximate surface area is 188 Å². The van der Waals surface area contributed by atoms with Gasteiger partial charge in [-0.2, -0.15) is 0 Å². The first-order chi connectivity index (χ1) is 15.9. The van der Waals surface area contributed by atoms with Crippen LogP contribution in [0.15, 0.2) is 58.1 Å². The van der Waals surface area contributed by atoms with Gasteiger partial charge in [0.05, 0.1) is 26.4 Å². The minimum atomic E-state index is -1.18. The first-order valence-electron chi connectivity index (χ1n) is 10.3. The number of aromatic nitrogens is 4. The molecule has 2 aromatic heterocycles. The van der Waals surface area contributed by atoms with Gasteiger partial charge in [0, 0.05) is 12.6 Å². The highest BCUT2D eigenvalue weighted by atomic mass is 16.5. The Balaban J connectivity index is 1.74. The van der Waals surface area contributed by atoms with Crippen molar-refractivity contribution in [3.63, 3.8) is 0 Å². The maximum Gasteiger partial charge on any atom is 0.330 e. The van der Waals surface area contributed by atoms with Crippen LogP contribution in [-0.2, 0) is 20.2 Å². The lowest BCUT2D eigenvalue weighted by Gasteiger charge is -2.12. The summed E-state index contributed by atoms with van der Waals surface area (Å²) >= 11 is 0. The molecular weight excluding hydrogens is 428 g/mol. The zero-order valence-corrected chi connectivity index (χ0v) is 18.2. The number of hydrogen-bond acceptors (Lipinski definition) is 7. The van der Waals surface area contributed by atoms with Crippen molar-refractivity contribution in [2.24, 2.45) is 7.05 Å². The molecule has 1 unspecified atom stereocenters. The molecule has 0 aliphatic heterocycles. The Morgan fingerprint density at radius 3 is 2.58 bits per heavy atom. The molecule has 4 aromatic rings. The SMILES string of the molecule is COc1cc(-c2nc3c(c(=O)[nH]c(=O)n3CC(O)CO)n2C)ccc1OCc1ccccc1. The van der Waals surface area contributed by atoms with Crippen LogP contribution in [0, 0.1) is 0 Å². The number of aryl methyl sites for hydroxylation is 1. The smallest absolute Gasteiger partial charge is 0.330 e. The Morgan fingerprint density at radius 1 is 1.12 bits per heavy atom. The van der Waals surface area contributed by atoms with Crippen molar-refractivity contribution in [1.29, 1.82) is 0 Å². The molecule has 4 rings (SSSR count). The molecule has 0 spiro atoms. The van der Waals surface area contributed by atoms with E-state index in [2.05, 4.69) is 9.97 Å². The number of nitrogens with zero attached hydrogens (tertiary/aromatic N) is 3. The number of aliphatic hydroxyl groups is 2. The Kier molecular flexibility index (Phi) is 6.29. The fraction of sp³-hybridized carbons (Fsp3) is 0.261. The van der Waals surface area contributed by atoms with E-state index in [9.17, 15) is 14.7 Å². The summed E-state index contributed by atoms with van der Waals surface area (Å²) in [6, 6.07) is 15.0. The van der Waals surface area contributed by atoms with Gasteiger partial charge < -0.3 is 24.3 Å². The van der Waals surface area contributed by atoms with Gasteiger partial charge in [-0.1, -0.05) is 30.3 Å². The quantitative estimate of drug-likeness (QED) is 0.364. The van der Waals surface area contributed by atoms with Crippen LogP contribution in [0.3, 0.4) is 0 Å². The van der Waals surface area contributed by atoms with Crippen LogP contribution in [0.4, 0.5) is 0 Å². The topological polar surface area (TPSA) is 132 Å². The molecule has 2 aromatic carbocycles. The molecule has 0 radical (unpaired) electrons. The first-order valence-corrected chi connectivity index (χ1v) is 10.3. The third-order valence-corrected chi connectivity index (χ3v) is 5.28. The van der Waals surface area contributed by atoms with E-state index >= 15 is 0 Å². The monoisotopic (exact) mass is 452 g/mol. The van der Waals surface area contributed by atoms with E-state index in [-0.39, 0.29) is 17.7 Å². The molecule has 0 aliphatic rings. The predicted molar refractivity (Wildman–Crippen MR) is 121 cm³/mol. The van der Waals surface area contributed by atoms with E-state index in [4.69, 9.17) is 14.6 Å². The van der Waals surface area contributed by atoms with Gasteiger partial charge in [0.1, 0.15) is 12.4 Å². The number of imidazole rings is 1. The summed E-state index contributed by atoms with van der Waals surface area (Å²) in [4.78, 5) is 31.6. The predicted octanol–water partition coefficient (Wildman–Crippen LogP) is 1.03. The van der Waals surface area contributed by atoms with Crippen LogP contribution in [0.25, 0.3) is 22.6 Å². The normalized spacial score (nSPS) is 12.1. The van der Waals surface area contributed by atoms with Crippen molar-refractivity contribution in [2.45, 2.75) is 19.3 Å². The van der Waals surface area contributed by atoms with Crippen molar-refractivity contribution < 1.29 is 19.7 Å². The summed E-state index contributed by atoms with van der Waals surface area (Å²) in [5.41, 5.74) is 0.614. The fourth-order valence-corrected chi connectivity index (χ4v) is 3.60. The molecule has 172 valence electrons. The molecule has 10 heteroatoms. The van der Waals surface area contributed by atoms with Crippen molar-refractivity contribution in [1.82, 2.24) is 19.1 Å². The maximum absolute atomic E-state index is 12.5. The Morgan fingerprint density at radius 2 is 1.88 bits per heavy atom. The van der Waals surface area contributed by atoms with E-state index in [1.165, 1.54) is 7.11 Å². The molecule has 0 amide bonds. The average Bonchev–Trinajstić information content (AvgIpc) is 3.18. The number of methoxy groups -OCH3 is 1. The third kappa shape index (κ3) is 4.38. The number of rotatable bonds is 8. The van der Waals surface area contributed by atoms with Crippen LogP contribution in [0.5, 0.6) is 11.5 Å². The highest BCUT2D eigenvalue weighted by molar-refractivity contribution is 5.77. The number of hydrogen-bond donors (Lipinski definition) is 3. The fourth-order valence-electron chi connectivity index (χ4n) is 3.60. The Hall–Kier alpha value is -3.89. The highest BCUT2D eigenvalue weighted by Crippen LogP contribution is 2.33. The molecule has 3 N–H and O–H groups in total.